The van der Waals surface area contributed by atoms with Gasteiger partial charge in [-0.05, 0) is 37.7 Å². The van der Waals surface area contributed by atoms with E-state index in [-0.39, 0.29) is 14.6 Å². The van der Waals surface area contributed by atoms with Gasteiger partial charge in [-0.15, -0.1) is 11.8 Å². The summed E-state index contributed by atoms with van der Waals surface area (Å²) < 4.78 is 7.14. The molecule has 0 bridgehead atoms. The predicted molar refractivity (Wildman–Crippen MR) is 139 cm³/mol. The van der Waals surface area contributed by atoms with Crippen LogP contribution in [-0.4, -0.2) is 40.8 Å². The Morgan fingerprint density at radius 2 is 2.00 bits per heavy atom. The van der Waals surface area contributed by atoms with Crippen LogP contribution in [0.2, 0.25) is 0 Å². The summed E-state index contributed by atoms with van der Waals surface area (Å²) in [6.07, 6.45) is 6.11. The molecule has 4 nitrogen and oxygen atoms in total. The maximum Gasteiger partial charge on any atom is 0.319 e. The minimum Gasteiger partial charge on any atom is -0.465 e. The zero-order chi connectivity index (χ0) is 20.5. The molecular weight excluding hydrogens is 620 g/mol. The number of benzene rings is 1. The fourth-order valence-electron chi connectivity index (χ4n) is 2.82. The molecule has 0 spiro atoms. The third kappa shape index (κ3) is 7.32. The number of esters is 1. The molecule has 0 aliphatic carbocycles. The first-order valence-corrected chi connectivity index (χ1v) is 14.0. The van der Waals surface area contributed by atoms with Crippen molar-refractivity contribution >= 4 is 90.0 Å². The number of carbonyl (C=O) groups excluding carboxylic acids is 1. The summed E-state index contributed by atoms with van der Waals surface area (Å²) in [7, 11) is 2.05. The lowest BCUT2D eigenvalue weighted by Gasteiger charge is -2.21. The minimum atomic E-state index is -0.107. The van der Waals surface area contributed by atoms with Crippen molar-refractivity contribution in [3.8, 4) is 0 Å². The van der Waals surface area contributed by atoms with Gasteiger partial charge in [-0.3, -0.25) is 9.59 Å². The van der Waals surface area contributed by atoms with Crippen molar-refractivity contribution in [3.63, 3.8) is 0 Å². The Balaban J connectivity index is 1.81. The van der Waals surface area contributed by atoms with Crippen LogP contribution in [0.15, 0.2) is 34.0 Å². The maximum atomic E-state index is 12.1. The van der Waals surface area contributed by atoms with E-state index in [0.717, 1.165) is 52.4 Å². The van der Waals surface area contributed by atoms with Gasteiger partial charge in [0.15, 0.2) is 0 Å². The van der Waals surface area contributed by atoms with E-state index in [1.54, 1.807) is 17.8 Å². The Bertz CT molecular complexity index is 844. The molecule has 8 heteroatoms. The van der Waals surface area contributed by atoms with Crippen molar-refractivity contribution in [2.45, 2.75) is 34.5 Å². The third-order valence-electron chi connectivity index (χ3n) is 4.36. The number of halogens is 2. The van der Waals surface area contributed by atoms with Gasteiger partial charge >= 0.3 is 5.97 Å². The number of hydrogen-bond acceptors (Lipinski definition) is 6. The maximum absolute atomic E-state index is 12.1. The van der Waals surface area contributed by atoms with E-state index in [4.69, 9.17) is 4.74 Å². The van der Waals surface area contributed by atoms with Gasteiger partial charge in [0.2, 0.25) is 4.74 Å². The number of hydrogen-bond donors (Lipinski definition) is 0. The van der Waals surface area contributed by atoms with Crippen LogP contribution in [0.3, 0.4) is 0 Å². The first kappa shape index (κ1) is 24.2. The van der Waals surface area contributed by atoms with Gasteiger partial charge in [0.1, 0.15) is 3.92 Å². The summed E-state index contributed by atoms with van der Waals surface area (Å²) >= 11 is 7.32. The van der Waals surface area contributed by atoms with E-state index < -0.39 is 0 Å². The van der Waals surface area contributed by atoms with Crippen molar-refractivity contribution < 1.29 is 9.53 Å². The Labute approximate surface area is 202 Å². The highest BCUT2D eigenvalue weighted by molar-refractivity contribution is 14.1. The summed E-state index contributed by atoms with van der Waals surface area (Å²) in [4.78, 5) is 27.1. The first-order valence-electron chi connectivity index (χ1n) is 9.16. The lowest BCUT2D eigenvalue weighted by molar-refractivity contribution is -0.142. The van der Waals surface area contributed by atoms with Crippen molar-refractivity contribution in [1.29, 1.82) is 0 Å². The van der Waals surface area contributed by atoms with Gasteiger partial charge in [-0.2, -0.15) is 0 Å². The second-order valence-electron chi connectivity index (χ2n) is 6.44. The first-order chi connectivity index (χ1) is 13.5. The highest BCUT2D eigenvalue weighted by Gasteiger charge is 2.14. The molecule has 0 N–H and O–H groups in total. The van der Waals surface area contributed by atoms with Crippen molar-refractivity contribution in [2.24, 2.45) is 0 Å². The van der Waals surface area contributed by atoms with Gasteiger partial charge < -0.3 is 9.64 Å². The molecule has 2 rings (SSSR count). The molecule has 0 saturated heterocycles. The average Bonchev–Trinajstić information content (AvgIpc) is 2.70. The van der Waals surface area contributed by atoms with E-state index in [9.17, 15) is 9.59 Å². The number of rotatable bonds is 11. The zero-order valence-corrected chi connectivity index (χ0v) is 22.0. The van der Waals surface area contributed by atoms with Crippen LogP contribution in [0.1, 0.15) is 25.7 Å². The molecule has 0 aliphatic heterocycles. The molecule has 1 aromatic carbocycles. The summed E-state index contributed by atoms with van der Waals surface area (Å²) in [5.41, 5.74) is 1.01. The second kappa shape index (κ2) is 12.6. The lowest BCUT2D eigenvalue weighted by atomic mass is 10.1. The van der Waals surface area contributed by atoms with Gasteiger partial charge in [0.25, 0.3) is 0 Å². The van der Waals surface area contributed by atoms with Crippen molar-refractivity contribution in [3.05, 3.63) is 33.8 Å². The molecule has 0 radical (unpaired) electrons. The Hall–Kier alpha value is -0.0700. The van der Waals surface area contributed by atoms with Crippen molar-refractivity contribution in [2.75, 3.05) is 35.8 Å². The minimum absolute atomic E-state index is 0.0497. The predicted octanol–water partition coefficient (Wildman–Crippen LogP) is 5.76. The van der Waals surface area contributed by atoms with Crippen LogP contribution in [0.4, 0.5) is 5.69 Å². The van der Waals surface area contributed by atoms with Gasteiger partial charge in [0.05, 0.1) is 6.61 Å². The van der Waals surface area contributed by atoms with Crippen LogP contribution in [-0.2, 0) is 9.53 Å². The monoisotopic (exact) mass is 645 g/mol. The number of nitrogens with zero attached hydrogens (tertiary/aromatic N) is 1. The smallest absolute Gasteiger partial charge is 0.319 e. The van der Waals surface area contributed by atoms with Crippen LogP contribution < -0.4 is 9.64 Å². The fourth-order valence-corrected chi connectivity index (χ4v) is 4.73. The summed E-state index contributed by atoms with van der Waals surface area (Å²) in [6.45, 7) is 1.41. The molecule has 1 aromatic heterocycles. The zero-order valence-electron chi connectivity index (χ0n) is 16.1. The molecule has 1 heterocycles. The molecule has 1 unspecified atom stereocenters. The second-order valence-corrected chi connectivity index (χ2v) is 10.7. The van der Waals surface area contributed by atoms with Gasteiger partial charge in [-0.1, -0.05) is 69.0 Å². The molecule has 154 valence electrons. The lowest BCUT2D eigenvalue weighted by Crippen LogP contribution is -2.20. The third-order valence-corrected chi connectivity index (χ3v) is 9.48. The highest BCUT2D eigenvalue weighted by Crippen LogP contribution is 2.30. The number of ether oxygens (including phenoxy) is 1. The summed E-state index contributed by atoms with van der Waals surface area (Å²) in [6, 6.07) is 8.08. The normalized spacial score (nSPS) is 12.1. The molecule has 2 aromatic rings. The Morgan fingerprint density at radius 3 is 2.71 bits per heavy atom. The van der Waals surface area contributed by atoms with E-state index in [2.05, 4.69) is 68.3 Å². The van der Waals surface area contributed by atoms with Crippen LogP contribution in [0, 0.1) is 0 Å². The number of thioether (sulfide) groups is 1. The molecule has 0 aliphatic rings. The van der Waals surface area contributed by atoms with Gasteiger partial charge in [0, 0.05) is 44.8 Å². The number of fused-ring (bicyclic) bond motifs is 1. The summed E-state index contributed by atoms with van der Waals surface area (Å²) in [5.74, 6) is -0.107. The highest BCUT2D eigenvalue weighted by atomic mass is 127. The van der Waals surface area contributed by atoms with Gasteiger partial charge in [-0.25, -0.2) is 0 Å². The van der Waals surface area contributed by atoms with Crippen LogP contribution in [0.25, 0.3) is 10.1 Å². The number of alkyl halides is 2. The topological polar surface area (TPSA) is 46.6 Å². The number of carbonyl (C=O) groups is 1. The van der Waals surface area contributed by atoms with E-state index in [0.29, 0.717) is 6.61 Å². The van der Waals surface area contributed by atoms with E-state index in [1.165, 1.54) is 16.2 Å². The average molecular weight is 645 g/mol. The molecule has 0 fully saturated rings. The standard InChI is InChI=1S/C20H25I2NO3S2/c1-23(9-5-3-4-6-10-26-20(25)16(22)13-21)17-12-19(24)28-18-11-14(27-2)7-8-15(17)18/h7-8,11-12,16H,3-6,9-10,13H2,1-2H3. The van der Waals surface area contributed by atoms with Crippen molar-refractivity contribution in [1.82, 2.24) is 0 Å². The quantitative estimate of drug-likeness (QED) is 0.102. The molecule has 0 saturated carbocycles. The number of unbranched alkanes of at least 4 members (excludes halogenated alkanes) is 3. The molecule has 1 atom stereocenters. The van der Waals surface area contributed by atoms with Crippen LogP contribution >= 0.6 is 68.3 Å². The summed E-state index contributed by atoms with van der Waals surface area (Å²) in [5, 5.41) is 1.14. The molecule has 28 heavy (non-hydrogen) atoms. The Kier molecular flexibility index (Phi) is 10.9. The SMILES string of the molecule is CSc1ccc2c(N(C)CCCCCCOC(=O)C(I)CI)cc(=O)sc2c1. The molecular formula is C20H25I2NO3S2. The Morgan fingerprint density at radius 1 is 1.25 bits per heavy atom. The van der Waals surface area contributed by atoms with Crippen LogP contribution in [0.5, 0.6) is 0 Å². The fraction of sp³-hybridized carbons (Fsp3) is 0.500. The van der Waals surface area contributed by atoms with E-state index in [1.807, 2.05) is 13.3 Å². The molecule has 0 amide bonds. The largest absolute Gasteiger partial charge is 0.465 e. The number of anilines is 1. The van der Waals surface area contributed by atoms with E-state index >= 15 is 0 Å².